The molecule has 0 aliphatic carbocycles. The first kappa shape index (κ1) is 39.8. The molecule has 1 aromatic rings. The maximum atomic E-state index is 12.6. The van der Waals surface area contributed by atoms with Crippen LogP contribution in [0.3, 0.4) is 0 Å². The van der Waals surface area contributed by atoms with E-state index in [0.717, 1.165) is 25.8 Å². The second kappa shape index (κ2) is 24.3. The summed E-state index contributed by atoms with van der Waals surface area (Å²) in [7, 11) is 0. The number of carbonyl (C=O) groups excluding carboxylic acids is 3. The maximum absolute atomic E-state index is 12.6. The smallest absolute Gasteiger partial charge is 0.333 e. The summed E-state index contributed by atoms with van der Waals surface area (Å²) in [4.78, 5) is 46.5. The van der Waals surface area contributed by atoms with Gasteiger partial charge in [-0.3, -0.25) is 19.1 Å². The van der Waals surface area contributed by atoms with Crippen molar-refractivity contribution in [2.75, 3.05) is 18.4 Å². The number of hydrogen-bond acceptors (Lipinski definition) is 11. The van der Waals surface area contributed by atoms with E-state index in [9.17, 15) is 34.5 Å². The topological polar surface area (TPSA) is 193 Å². The third kappa shape index (κ3) is 16.3. The van der Waals surface area contributed by atoms with Crippen LogP contribution >= 0.6 is 11.9 Å². The number of aliphatic hydroxyl groups is 2. The number of benzene rings is 1. The van der Waals surface area contributed by atoms with Gasteiger partial charge in [0.25, 0.3) is 6.47 Å². The quantitative estimate of drug-likeness (QED) is 0.0791. The molecule has 0 bridgehead atoms. The zero-order valence-electron chi connectivity index (χ0n) is 25.4. The van der Waals surface area contributed by atoms with E-state index in [1.807, 2.05) is 27.7 Å². The second-order valence-electron chi connectivity index (χ2n) is 8.62. The number of unbranched alkanes of at least 4 members (excludes halogenated alkanes) is 2. The number of aliphatic carboxylic acids is 1. The average Bonchev–Trinajstić information content (AvgIpc) is 3.00. The average molecular weight is 630 g/mol. The van der Waals surface area contributed by atoms with Crippen LogP contribution in [0.4, 0.5) is 5.69 Å². The van der Waals surface area contributed by atoms with Crippen LogP contribution in [-0.2, 0) is 35.3 Å². The summed E-state index contributed by atoms with van der Waals surface area (Å²) in [6, 6.07) is 4.42. The number of nitrogens with one attached hydrogen (secondary N) is 3. The first-order valence-electron chi connectivity index (χ1n) is 14.4. The van der Waals surface area contributed by atoms with Crippen molar-refractivity contribution in [2.24, 2.45) is 0 Å². The normalized spacial score (nSPS) is 18.8. The van der Waals surface area contributed by atoms with Crippen molar-refractivity contribution in [1.82, 2.24) is 10.0 Å². The summed E-state index contributed by atoms with van der Waals surface area (Å²) >= 11 is 1.42. The molecule has 6 N–H and O–H groups in total. The highest BCUT2D eigenvalue weighted by molar-refractivity contribution is 8.00. The number of rotatable bonds is 18. The number of amides is 2. The van der Waals surface area contributed by atoms with Gasteiger partial charge >= 0.3 is 5.97 Å². The van der Waals surface area contributed by atoms with Gasteiger partial charge in [0.2, 0.25) is 18.1 Å². The van der Waals surface area contributed by atoms with Crippen molar-refractivity contribution in [3.63, 3.8) is 0 Å². The summed E-state index contributed by atoms with van der Waals surface area (Å²) in [5.74, 6) is -1.94. The largest absolute Gasteiger partial charge is 0.479 e. The molecule has 0 saturated carbocycles. The van der Waals surface area contributed by atoms with Crippen LogP contribution in [0, 0.1) is 0 Å². The molecule has 244 valence electrons. The molecule has 0 radical (unpaired) electrons. The van der Waals surface area contributed by atoms with E-state index in [-0.39, 0.29) is 49.8 Å². The van der Waals surface area contributed by atoms with Crippen molar-refractivity contribution in [1.29, 1.82) is 0 Å². The van der Waals surface area contributed by atoms with E-state index in [1.165, 1.54) is 30.1 Å². The molecule has 1 saturated heterocycles. The third-order valence-electron chi connectivity index (χ3n) is 5.61. The fraction of sp³-hybridized carbons (Fsp3) is 0.586. The van der Waals surface area contributed by atoms with Crippen LogP contribution in [0.1, 0.15) is 71.8 Å². The van der Waals surface area contributed by atoms with Gasteiger partial charge in [-0.1, -0.05) is 58.7 Å². The van der Waals surface area contributed by atoms with Crippen LogP contribution < -0.4 is 20.1 Å². The van der Waals surface area contributed by atoms with Gasteiger partial charge in [0, 0.05) is 32.4 Å². The lowest BCUT2D eigenvalue weighted by Crippen LogP contribution is -2.52. The fourth-order valence-corrected chi connectivity index (χ4v) is 3.99. The zero-order chi connectivity index (χ0) is 32.6. The molecular weight excluding hydrogens is 582 g/mol. The van der Waals surface area contributed by atoms with E-state index in [1.54, 1.807) is 5.41 Å². The lowest BCUT2D eigenvalue weighted by Gasteiger charge is -2.35. The summed E-state index contributed by atoms with van der Waals surface area (Å²) < 4.78 is 18.8. The van der Waals surface area contributed by atoms with E-state index >= 15 is 0 Å². The standard InChI is InChI=1S/C25H35N3O10S.2C2H6/c1-2-39-27-10-5-3-4-6-21(31)26-11-9-22(32)28-17-12-16(14-36-15-29)7-8-19(17)37-25-23(33)18(30)13-20(38-25)24(34)35;2*1-2/h2,7-8,12,15,18,20,23,25,27,30,33H,1,3-6,9-11,13-14H2,(H,26,31)(H,28,32)(H,34,35);2*1-2H3/t18?,20?,23-,25?;;/m1../s1. The number of carboxylic acid groups (broad SMARTS) is 1. The van der Waals surface area contributed by atoms with Crippen molar-refractivity contribution in [2.45, 2.75) is 97.4 Å². The van der Waals surface area contributed by atoms with Crippen LogP contribution in [0.25, 0.3) is 0 Å². The SMILES string of the molecule is C=CSNCCCCCC(=O)NCCC(=O)Nc1cc(COC=O)ccc1OC1OC(C(=O)O)CC(O)[C@H]1O.CC.CC. The van der Waals surface area contributed by atoms with Gasteiger partial charge in [-0.15, -0.1) is 0 Å². The number of carboxylic acids is 1. The summed E-state index contributed by atoms with van der Waals surface area (Å²) in [5.41, 5.74) is 0.634. The molecule has 1 aromatic carbocycles. The minimum absolute atomic E-state index is 0.0190. The van der Waals surface area contributed by atoms with E-state index in [2.05, 4.69) is 21.9 Å². The van der Waals surface area contributed by atoms with Gasteiger partial charge < -0.3 is 40.2 Å². The number of ether oxygens (including phenoxy) is 3. The van der Waals surface area contributed by atoms with Gasteiger partial charge in [-0.2, -0.15) is 0 Å². The number of hydrogen-bond donors (Lipinski definition) is 6. The summed E-state index contributed by atoms with van der Waals surface area (Å²) in [6.07, 6.45) is -3.36. The zero-order valence-corrected chi connectivity index (χ0v) is 26.2. The molecule has 2 amide bonds. The molecule has 14 heteroatoms. The van der Waals surface area contributed by atoms with Gasteiger partial charge in [-0.25, -0.2) is 4.79 Å². The Hall–Kier alpha value is -3.17. The molecule has 2 rings (SSSR count). The molecule has 0 aromatic heterocycles. The molecule has 3 unspecified atom stereocenters. The van der Waals surface area contributed by atoms with Crippen LogP contribution in [0.5, 0.6) is 5.75 Å². The Morgan fingerprint density at radius 1 is 1.07 bits per heavy atom. The van der Waals surface area contributed by atoms with Crippen LogP contribution in [-0.4, -0.2) is 77.3 Å². The highest BCUT2D eigenvalue weighted by Gasteiger charge is 2.41. The highest BCUT2D eigenvalue weighted by atomic mass is 32.2. The predicted octanol–water partition coefficient (Wildman–Crippen LogP) is 3.10. The Balaban J connectivity index is 0.00000422. The van der Waals surface area contributed by atoms with Crippen molar-refractivity contribution < 1.29 is 48.7 Å². The maximum Gasteiger partial charge on any atom is 0.333 e. The Bertz CT molecular complexity index is 982. The molecular formula is C29H47N3O10S. The van der Waals surface area contributed by atoms with E-state index in [4.69, 9.17) is 14.2 Å². The molecule has 1 aliphatic heterocycles. The molecule has 0 spiro atoms. The van der Waals surface area contributed by atoms with Crippen molar-refractivity contribution >= 4 is 41.9 Å². The van der Waals surface area contributed by atoms with Gasteiger partial charge in [0.05, 0.1) is 11.8 Å². The first-order chi connectivity index (χ1) is 20.7. The van der Waals surface area contributed by atoms with Crippen LogP contribution in [0.2, 0.25) is 0 Å². The minimum Gasteiger partial charge on any atom is -0.479 e. The van der Waals surface area contributed by atoms with Gasteiger partial charge in [0.15, 0.2) is 6.10 Å². The molecule has 1 heterocycles. The highest BCUT2D eigenvalue weighted by Crippen LogP contribution is 2.31. The Kier molecular flexibility index (Phi) is 22.5. The predicted molar refractivity (Wildman–Crippen MR) is 164 cm³/mol. The van der Waals surface area contributed by atoms with Gasteiger partial charge in [-0.05, 0) is 35.9 Å². The Labute approximate surface area is 257 Å². The Morgan fingerprint density at radius 3 is 2.44 bits per heavy atom. The molecule has 43 heavy (non-hydrogen) atoms. The summed E-state index contributed by atoms with van der Waals surface area (Å²) in [6.45, 7) is 12.7. The number of carbonyl (C=O) groups is 4. The van der Waals surface area contributed by atoms with E-state index < -0.39 is 36.5 Å². The first-order valence-corrected chi connectivity index (χ1v) is 15.3. The third-order valence-corrected chi connectivity index (χ3v) is 6.14. The summed E-state index contributed by atoms with van der Waals surface area (Å²) in [5, 5.41) is 36.5. The van der Waals surface area contributed by atoms with Crippen molar-refractivity contribution in [3.05, 3.63) is 35.7 Å². The van der Waals surface area contributed by atoms with Crippen molar-refractivity contribution in [3.8, 4) is 5.75 Å². The van der Waals surface area contributed by atoms with Gasteiger partial charge in [0.1, 0.15) is 18.5 Å². The molecule has 13 nitrogen and oxygen atoms in total. The van der Waals surface area contributed by atoms with Crippen LogP contribution in [0.15, 0.2) is 30.2 Å². The van der Waals surface area contributed by atoms with E-state index in [0.29, 0.717) is 12.0 Å². The number of aliphatic hydroxyl groups excluding tert-OH is 2. The lowest BCUT2D eigenvalue weighted by atomic mass is 10.0. The second-order valence-corrected chi connectivity index (χ2v) is 9.48. The molecule has 4 atom stereocenters. The Morgan fingerprint density at radius 2 is 1.79 bits per heavy atom. The number of anilines is 1. The molecule has 1 fully saturated rings. The minimum atomic E-state index is -1.54. The molecule has 1 aliphatic rings. The fourth-order valence-electron chi connectivity index (χ4n) is 3.61. The monoisotopic (exact) mass is 629 g/mol. The lowest BCUT2D eigenvalue weighted by molar-refractivity contribution is -0.238.